The number of benzene rings is 1. The second-order valence-electron chi connectivity index (χ2n) is 4.92. The van der Waals surface area contributed by atoms with Crippen LogP contribution in [0, 0.1) is 0 Å². The molecule has 3 rings (SSSR count). The van der Waals surface area contributed by atoms with Crippen molar-refractivity contribution in [3.8, 4) is 0 Å². The summed E-state index contributed by atoms with van der Waals surface area (Å²) in [6.45, 7) is -0.0179. The first-order chi connectivity index (χ1) is 11.2. The van der Waals surface area contributed by atoms with E-state index in [1.807, 2.05) is 0 Å². The fourth-order valence-corrected chi connectivity index (χ4v) is 2.17. The van der Waals surface area contributed by atoms with Gasteiger partial charge in [-0.3, -0.25) is 0 Å². The average Bonchev–Trinajstić information content (AvgIpc) is 2.88. The number of fused-ring (bicyclic) bond motifs is 1. The van der Waals surface area contributed by atoms with Gasteiger partial charge in [-0.05, 0) is 5.56 Å². The first kappa shape index (κ1) is 16.2. The Balaban J connectivity index is 2.19. The average molecular weight is 346 g/mol. The molecule has 0 bridgehead atoms. The van der Waals surface area contributed by atoms with Crippen LogP contribution in [-0.4, -0.2) is 19.7 Å². The molecule has 0 spiro atoms. The van der Waals surface area contributed by atoms with Gasteiger partial charge in [-0.15, -0.1) is 0 Å². The monoisotopic (exact) mass is 346 g/mol. The third-order valence-electron chi connectivity index (χ3n) is 3.19. The molecule has 10 heteroatoms. The number of nitrogens with zero attached hydrogens (tertiary/aromatic N) is 4. The third kappa shape index (κ3) is 3.03. The molecule has 126 valence electrons. The summed E-state index contributed by atoms with van der Waals surface area (Å²) < 4.78 is 78.5. The van der Waals surface area contributed by atoms with Crippen LogP contribution in [0.3, 0.4) is 0 Å². The molecule has 0 N–H and O–H groups in total. The number of hydrogen-bond acceptors (Lipinski definition) is 3. The molecule has 0 aliphatic rings. The molecule has 4 nitrogen and oxygen atoms in total. The zero-order chi connectivity index (χ0) is 17.5. The highest BCUT2D eigenvalue weighted by Crippen LogP contribution is 2.36. The molecule has 0 saturated carbocycles. The quantitative estimate of drug-likeness (QED) is 0.661. The van der Waals surface area contributed by atoms with E-state index in [9.17, 15) is 26.3 Å². The van der Waals surface area contributed by atoms with E-state index >= 15 is 0 Å². The van der Waals surface area contributed by atoms with Crippen molar-refractivity contribution in [2.45, 2.75) is 18.9 Å². The van der Waals surface area contributed by atoms with E-state index in [4.69, 9.17) is 0 Å². The Hall–Kier alpha value is -2.65. The van der Waals surface area contributed by atoms with Crippen molar-refractivity contribution < 1.29 is 26.3 Å². The lowest BCUT2D eigenvalue weighted by molar-refractivity contribution is -0.151. The van der Waals surface area contributed by atoms with E-state index in [0.717, 1.165) is 10.9 Å². The Morgan fingerprint density at radius 2 is 1.54 bits per heavy atom. The molecule has 0 aliphatic carbocycles. The van der Waals surface area contributed by atoms with E-state index in [2.05, 4.69) is 15.1 Å². The molecule has 0 unspecified atom stereocenters. The predicted molar refractivity (Wildman–Crippen MR) is 70.9 cm³/mol. The highest BCUT2D eigenvalue weighted by atomic mass is 19.4. The summed E-state index contributed by atoms with van der Waals surface area (Å²) in [5, 5.41) is 3.16. The maximum atomic E-state index is 13.0. The van der Waals surface area contributed by atoms with Gasteiger partial charge in [-0.25, -0.2) is 14.6 Å². The van der Waals surface area contributed by atoms with Gasteiger partial charge in [0.1, 0.15) is 0 Å². The minimum Gasteiger partial charge on any atom is -0.243 e. The van der Waals surface area contributed by atoms with Crippen molar-refractivity contribution in [3.05, 3.63) is 53.6 Å². The van der Waals surface area contributed by atoms with Crippen LogP contribution in [0.2, 0.25) is 0 Å². The number of aromatic nitrogens is 4. The number of halogens is 6. The summed E-state index contributed by atoms with van der Waals surface area (Å²) in [4.78, 5) is 5.89. The maximum Gasteiger partial charge on any atom is 0.451 e. The summed E-state index contributed by atoms with van der Waals surface area (Å²) >= 11 is 0. The van der Waals surface area contributed by atoms with Gasteiger partial charge in [0.15, 0.2) is 11.3 Å². The number of hydrogen-bond donors (Lipinski definition) is 0. The lowest BCUT2D eigenvalue weighted by Crippen LogP contribution is -2.18. The second kappa shape index (κ2) is 5.46. The molecular formula is C14H8F6N4. The minimum absolute atomic E-state index is 0.0179. The molecule has 0 amide bonds. The van der Waals surface area contributed by atoms with E-state index in [1.54, 1.807) is 30.3 Å². The molecule has 0 atom stereocenters. The van der Waals surface area contributed by atoms with Crippen LogP contribution in [0.5, 0.6) is 0 Å². The van der Waals surface area contributed by atoms with E-state index in [-0.39, 0.29) is 6.54 Å². The van der Waals surface area contributed by atoms with Gasteiger partial charge in [0.25, 0.3) is 0 Å². The first-order valence-electron chi connectivity index (χ1n) is 6.58. The van der Waals surface area contributed by atoms with Crippen LogP contribution >= 0.6 is 0 Å². The largest absolute Gasteiger partial charge is 0.451 e. The Bertz CT molecular complexity index is 867. The molecule has 3 aromatic rings. The number of rotatable bonds is 2. The van der Waals surface area contributed by atoms with Crippen LogP contribution < -0.4 is 0 Å². The minimum atomic E-state index is -5.10. The van der Waals surface area contributed by atoms with Crippen molar-refractivity contribution in [1.29, 1.82) is 0 Å². The molecule has 1 aromatic carbocycles. The lowest BCUT2D eigenvalue weighted by atomic mass is 10.2. The summed E-state index contributed by atoms with van der Waals surface area (Å²) in [6, 6.07) is 8.46. The lowest BCUT2D eigenvalue weighted by Gasteiger charge is -2.11. The molecule has 0 saturated heterocycles. The van der Waals surface area contributed by atoms with Gasteiger partial charge in [-0.1, -0.05) is 30.3 Å². The van der Waals surface area contributed by atoms with Crippen molar-refractivity contribution in [3.63, 3.8) is 0 Å². The van der Waals surface area contributed by atoms with Gasteiger partial charge < -0.3 is 0 Å². The molecular weight excluding hydrogens is 338 g/mol. The number of alkyl halides is 6. The highest BCUT2D eigenvalue weighted by Gasteiger charge is 2.42. The molecule has 2 heterocycles. The van der Waals surface area contributed by atoms with Crippen molar-refractivity contribution >= 4 is 11.0 Å². The van der Waals surface area contributed by atoms with Gasteiger partial charge in [0.2, 0.25) is 5.82 Å². The van der Waals surface area contributed by atoms with Crippen LogP contribution in [0.25, 0.3) is 11.0 Å². The summed E-state index contributed by atoms with van der Waals surface area (Å²) in [7, 11) is 0. The third-order valence-corrected chi connectivity index (χ3v) is 3.19. The van der Waals surface area contributed by atoms with E-state index in [1.165, 1.54) is 0 Å². The molecule has 0 aliphatic heterocycles. The SMILES string of the molecule is FC(F)(F)c1nc(C(F)(F)F)c2cnn(Cc3ccccc3)c2n1. The summed E-state index contributed by atoms with van der Waals surface area (Å²) in [5.41, 5.74) is -1.52. The van der Waals surface area contributed by atoms with Gasteiger partial charge in [0.05, 0.1) is 18.1 Å². The Kier molecular flexibility index (Phi) is 3.69. The van der Waals surface area contributed by atoms with E-state index in [0.29, 0.717) is 5.56 Å². The van der Waals surface area contributed by atoms with E-state index < -0.39 is 34.9 Å². The van der Waals surface area contributed by atoms with Gasteiger partial charge in [-0.2, -0.15) is 31.4 Å². The van der Waals surface area contributed by atoms with Gasteiger partial charge in [0, 0.05) is 0 Å². The summed E-state index contributed by atoms with van der Waals surface area (Å²) in [6.07, 6.45) is -9.33. The zero-order valence-corrected chi connectivity index (χ0v) is 11.7. The molecule has 0 fully saturated rings. The maximum absolute atomic E-state index is 13.0. The Morgan fingerprint density at radius 1 is 0.875 bits per heavy atom. The van der Waals surface area contributed by atoms with Crippen LogP contribution in [0.1, 0.15) is 17.1 Å². The van der Waals surface area contributed by atoms with Crippen LogP contribution in [-0.2, 0) is 18.9 Å². The molecule has 0 radical (unpaired) electrons. The predicted octanol–water partition coefficient (Wildman–Crippen LogP) is 3.91. The topological polar surface area (TPSA) is 43.6 Å². The smallest absolute Gasteiger partial charge is 0.243 e. The Labute approximate surface area is 130 Å². The zero-order valence-electron chi connectivity index (χ0n) is 11.7. The molecule has 24 heavy (non-hydrogen) atoms. The van der Waals surface area contributed by atoms with Crippen molar-refractivity contribution in [2.75, 3.05) is 0 Å². The molecule has 2 aromatic heterocycles. The van der Waals surface area contributed by atoms with Crippen LogP contribution in [0.15, 0.2) is 36.5 Å². The first-order valence-corrected chi connectivity index (χ1v) is 6.58. The normalized spacial score (nSPS) is 12.8. The van der Waals surface area contributed by atoms with Crippen molar-refractivity contribution in [2.24, 2.45) is 0 Å². The van der Waals surface area contributed by atoms with Crippen LogP contribution in [0.4, 0.5) is 26.3 Å². The van der Waals surface area contributed by atoms with Gasteiger partial charge >= 0.3 is 12.4 Å². The Morgan fingerprint density at radius 3 is 2.12 bits per heavy atom. The standard InChI is InChI=1S/C14H8F6N4/c15-13(16,17)10-9-6-21-24(7-8-4-2-1-3-5-8)11(9)23-12(22-10)14(18,19)20/h1-6H,7H2. The van der Waals surface area contributed by atoms with Crippen molar-refractivity contribution in [1.82, 2.24) is 19.7 Å². The second-order valence-corrected chi connectivity index (χ2v) is 4.92. The fourth-order valence-electron chi connectivity index (χ4n) is 2.17. The fraction of sp³-hybridized carbons (Fsp3) is 0.214. The highest BCUT2D eigenvalue weighted by molar-refractivity contribution is 5.78. The summed E-state index contributed by atoms with van der Waals surface area (Å²) in [5.74, 6) is -1.85.